The lowest BCUT2D eigenvalue weighted by Gasteiger charge is -2.45. The van der Waals surface area contributed by atoms with Crippen molar-refractivity contribution in [3.05, 3.63) is 48.6 Å². The Kier molecular flexibility index (Phi) is 3.44. The highest BCUT2D eigenvalue weighted by atomic mass is 16.7. The molecule has 0 unspecified atom stereocenters. The smallest absolute Gasteiger partial charge is 0.184 e. The summed E-state index contributed by atoms with van der Waals surface area (Å²) in [4.78, 5) is 0. The van der Waals surface area contributed by atoms with E-state index in [4.69, 9.17) is 14.2 Å². The van der Waals surface area contributed by atoms with E-state index in [0.717, 1.165) is 18.4 Å². The van der Waals surface area contributed by atoms with Crippen molar-refractivity contribution in [1.29, 1.82) is 0 Å². The van der Waals surface area contributed by atoms with Gasteiger partial charge in [0.1, 0.15) is 6.10 Å². The van der Waals surface area contributed by atoms with Crippen LogP contribution in [-0.4, -0.2) is 24.4 Å². The molecule has 2 heterocycles. The molecular weight excluding hydrogens is 240 g/mol. The van der Waals surface area contributed by atoms with Gasteiger partial charge in [-0.3, -0.25) is 0 Å². The normalized spacial score (nSPS) is 38.5. The molecule has 0 aromatic heterocycles. The van der Waals surface area contributed by atoms with E-state index in [-0.39, 0.29) is 24.1 Å². The Morgan fingerprint density at radius 1 is 1.26 bits per heavy atom. The molecule has 2 saturated heterocycles. The lowest BCUT2D eigenvalue weighted by Crippen LogP contribution is -2.51. The number of fused-ring (bicyclic) bond motifs is 1. The van der Waals surface area contributed by atoms with Crippen LogP contribution in [0.25, 0.3) is 0 Å². The van der Waals surface area contributed by atoms with Gasteiger partial charge in [0.15, 0.2) is 6.29 Å². The predicted octanol–water partition coefficient (Wildman–Crippen LogP) is 3.22. The summed E-state index contributed by atoms with van der Waals surface area (Å²) < 4.78 is 17.9. The first-order valence-corrected chi connectivity index (χ1v) is 6.84. The minimum absolute atomic E-state index is 0.0108. The largest absolute Gasteiger partial charge is 0.363 e. The highest BCUT2D eigenvalue weighted by Gasteiger charge is 2.41. The molecule has 3 rings (SSSR count). The van der Waals surface area contributed by atoms with Crippen LogP contribution in [0.4, 0.5) is 0 Å². The fourth-order valence-electron chi connectivity index (χ4n) is 2.71. The summed E-state index contributed by atoms with van der Waals surface area (Å²) >= 11 is 0. The van der Waals surface area contributed by atoms with Crippen molar-refractivity contribution in [3.63, 3.8) is 0 Å². The Morgan fingerprint density at radius 3 is 2.79 bits per heavy atom. The summed E-state index contributed by atoms with van der Waals surface area (Å²) in [5.74, 6) is 0. The first-order chi connectivity index (χ1) is 9.20. The van der Waals surface area contributed by atoms with Crippen LogP contribution in [0.5, 0.6) is 0 Å². The third-order valence-corrected chi connectivity index (χ3v) is 3.97. The van der Waals surface area contributed by atoms with E-state index in [1.54, 1.807) is 0 Å². The molecule has 0 saturated carbocycles. The summed E-state index contributed by atoms with van der Waals surface area (Å²) in [6.07, 6.45) is 3.67. The van der Waals surface area contributed by atoms with Crippen molar-refractivity contribution >= 4 is 0 Å². The molecule has 4 atom stereocenters. The third-order valence-electron chi connectivity index (χ3n) is 3.97. The van der Waals surface area contributed by atoms with E-state index in [2.05, 4.69) is 13.5 Å². The Bertz CT molecular complexity index is 445. The highest BCUT2D eigenvalue weighted by Crippen LogP contribution is 2.37. The lowest BCUT2D eigenvalue weighted by molar-refractivity contribution is -0.296. The molecule has 2 aliphatic heterocycles. The average Bonchev–Trinajstić information content (AvgIpc) is 2.48. The SMILES string of the molecule is C=C[C@@]1(C)CC[C@@H]2O[C@H](c3ccccc3)OC[C@H]2O1. The topological polar surface area (TPSA) is 27.7 Å². The summed E-state index contributed by atoms with van der Waals surface area (Å²) in [6.45, 7) is 6.50. The van der Waals surface area contributed by atoms with Gasteiger partial charge in [0.25, 0.3) is 0 Å². The first-order valence-electron chi connectivity index (χ1n) is 6.84. The number of rotatable bonds is 2. The zero-order valence-corrected chi connectivity index (χ0v) is 11.2. The molecule has 0 radical (unpaired) electrons. The molecule has 0 amide bonds. The maximum atomic E-state index is 6.04. The van der Waals surface area contributed by atoms with Gasteiger partial charge in [0.2, 0.25) is 0 Å². The lowest BCUT2D eigenvalue weighted by atomic mass is 9.91. The molecule has 19 heavy (non-hydrogen) atoms. The van der Waals surface area contributed by atoms with Crippen molar-refractivity contribution in [2.24, 2.45) is 0 Å². The van der Waals surface area contributed by atoms with Crippen LogP contribution >= 0.6 is 0 Å². The van der Waals surface area contributed by atoms with Crippen molar-refractivity contribution in [1.82, 2.24) is 0 Å². The maximum absolute atomic E-state index is 6.04. The van der Waals surface area contributed by atoms with Gasteiger partial charge in [-0.15, -0.1) is 6.58 Å². The van der Waals surface area contributed by atoms with Crippen LogP contribution in [0.15, 0.2) is 43.0 Å². The van der Waals surface area contributed by atoms with E-state index in [0.29, 0.717) is 6.61 Å². The van der Waals surface area contributed by atoms with E-state index in [1.165, 1.54) is 0 Å². The monoisotopic (exact) mass is 260 g/mol. The Morgan fingerprint density at radius 2 is 2.05 bits per heavy atom. The zero-order chi connectivity index (χ0) is 13.3. The molecule has 102 valence electrons. The standard InChI is InChI=1S/C16H20O3/c1-3-16(2)10-9-13-14(19-16)11-17-15(18-13)12-7-5-4-6-8-12/h3-8,13-15H,1,9-11H2,2H3/t13-,14+,15+,16-/m0/s1. The molecule has 0 aliphatic carbocycles. The van der Waals surface area contributed by atoms with E-state index in [9.17, 15) is 0 Å². The summed E-state index contributed by atoms with van der Waals surface area (Å²) in [5.41, 5.74) is 0.825. The molecule has 0 spiro atoms. The minimum atomic E-state index is -0.265. The van der Waals surface area contributed by atoms with Gasteiger partial charge in [-0.05, 0) is 19.8 Å². The number of hydrogen-bond donors (Lipinski definition) is 0. The minimum Gasteiger partial charge on any atom is -0.363 e. The van der Waals surface area contributed by atoms with Crippen LogP contribution in [-0.2, 0) is 14.2 Å². The Balaban J connectivity index is 1.68. The van der Waals surface area contributed by atoms with Gasteiger partial charge in [0.05, 0.1) is 18.3 Å². The summed E-state index contributed by atoms with van der Waals surface area (Å²) in [6, 6.07) is 10.1. The quantitative estimate of drug-likeness (QED) is 0.764. The average molecular weight is 260 g/mol. The second-order valence-corrected chi connectivity index (χ2v) is 5.46. The van der Waals surface area contributed by atoms with Crippen LogP contribution in [0.2, 0.25) is 0 Å². The number of ether oxygens (including phenoxy) is 3. The number of benzene rings is 1. The molecule has 2 aliphatic rings. The van der Waals surface area contributed by atoms with E-state index < -0.39 is 0 Å². The molecule has 1 aromatic carbocycles. The zero-order valence-electron chi connectivity index (χ0n) is 11.2. The molecule has 3 nitrogen and oxygen atoms in total. The van der Waals surface area contributed by atoms with Gasteiger partial charge >= 0.3 is 0 Å². The molecular formula is C16H20O3. The van der Waals surface area contributed by atoms with Crippen LogP contribution < -0.4 is 0 Å². The molecule has 0 N–H and O–H groups in total. The van der Waals surface area contributed by atoms with Crippen LogP contribution in [0, 0.1) is 0 Å². The van der Waals surface area contributed by atoms with Gasteiger partial charge < -0.3 is 14.2 Å². The third kappa shape index (κ3) is 2.59. The van der Waals surface area contributed by atoms with Gasteiger partial charge in [-0.2, -0.15) is 0 Å². The number of hydrogen-bond acceptors (Lipinski definition) is 3. The Labute approximate surface area is 114 Å². The second-order valence-electron chi connectivity index (χ2n) is 5.46. The van der Waals surface area contributed by atoms with Gasteiger partial charge in [-0.25, -0.2) is 0 Å². The Hall–Kier alpha value is -1.16. The fraction of sp³-hybridized carbons (Fsp3) is 0.500. The first kappa shape index (κ1) is 12.9. The van der Waals surface area contributed by atoms with Crippen molar-refractivity contribution < 1.29 is 14.2 Å². The maximum Gasteiger partial charge on any atom is 0.184 e. The van der Waals surface area contributed by atoms with Crippen molar-refractivity contribution in [2.75, 3.05) is 6.61 Å². The van der Waals surface area contributed by atoms with E-state index >= 15 is 0 Å². The highest BCUT2D eigenvalue weighted by molar-refractivity contribution is 5.16. The molecule has 2 fully saturated rings. The molecule has 0 bridgehead atoms. The fourth-order valence-corrected chi connectivity index (χ4v) is 2.71. The van der Waals surface area contributed by atoms with Crippen molar-refractivity contribution in [3.8, 4) is 0 Å². The van der Waals surface area contributed by atoms with E-state index in [1.807, 2.05) is 36.4 Å². The van der Waals surface area contributed by atoms with Gasteiger partial charge in [-0.1, -0.05) is 36.4 Å². The van der Waals surface area contributed by atoms with Gasteiger partial charge in [0, 0.05) is 5.56 Å². The van der Waals surface area contributed by atoms with Crippen LogP contribution in [0.1, 0.15) is 31.6 Å². The predicted molar refractivity (Wildman–Crippen MR) is 72.7 cm³/mol. The van der Waals surface area contributed by atoms with Crippen LogP contribution in [0.3, 0.4) is 0 Å². The van der Waals surface area contributed by atoms with Crippen molar-refractivity contribution in [2.45, 2.75) is 43.9 Å². The summed E-state index contributed by atoms with van der Waals surface area (Å²) in [5, 5.41) is 0. The molecule has 3 heteroatoms. The summed E-state index contributed by atoms with van der Waals surface area (Å²) in [7, 11) is 0. The molecule has 1 aromatic rings. The second kappa shape index (κ2) is 5.08.